The van der Waals surface area contributed by atoms with Crippen molar-refractivity contribution in [3.63, 3.8) is 0 Å². The first-order chi connectivity index (χ1) is 4.93. The van der Waals surface area contributed by atoms with Crippen LogP contribution >= 0.6 is 0 Å². The third-order valence-corrected chi connectivity index (χ3v) is 2.01. The Hall–Kier alpha value is -0.480. The van der Waals surface area contributed by atoms with Gasteiger partial charge in [0.25, 0.3) is 0 Å². The highest BCUT2D eigenvalue weighted by Crippen LogP contribution is 2.16. The highest BCUT2D eigenvalue weighted by molar-refractivity contribution is 4.68. The van der Waals surface area contributed by atoms with Crippen molar-refractivity contribution in [3.05, 3.63) is 0 Å². The summed E-state index contributed by atoms with van der Waals surface area (Å²) in [6, 6.07) is 0.837. The molecule has 0 radical (unpaired) electrons. The molecule has 1 rings (SSSR count). The lowest BCUT2D eigenvalue weighted by Gasteiger charge is -2.20. The van der Waals surface area contributed by atoms with Gasteiger partial charge in [0.2, 0.25) is 0 Å². The summed E-state index contributed by atoms with van der Waals surface area (Å²) in [5, 5.41) is 3.30. The molecular formula is C9H17N. The highest BCUT2D eigenvalue weighted by Gasteiger charge is 2.09. The van der Waals surface area contributed by atoms with Gasteiger partial charge in [0.1, 0.15) is 0 Å². The van der Waals surface area contributed by atoms with Gasteiger partial charge in [-0.25, -0.2) is 0 Å². The maximum Gasteiger partial charge on any atom is 0.00640 e. The summed E-state index contributed by atoms with van der Waals surface area (Å²) < 4.78 is 0. The molecule has 1 nitrogen and oxygen atoms in total. The van der Waals surface area contributed by atoms with E-state index < -0.39 is 0 Å². The number of rotatable bonds is 1. The van der Waals surface area contributed by atoms with E-state index in [4.69, 9.17) is 0 Å². The molecule has 0 heterocycles. The van der Waals surface area contributed by atoms with Gasteiger partial charge in [-0.1, -0.05) is 19.3 Å². The summed E-state index contributed by atoms with van der Waals surface area (Å²) in [5.74, 6) is 0. The molecule has 58 valence electrons. The normalized spacial score (nSPS) is 19.1. The van der Waals surface area contributed by atoms with Gasteiger partial charge in [-0.05, 0) is 19.9 Å². The van der Waals surface area contributed by atoms with Gasteiger partial charge in [0, 0.05) is 6.04 Å². The fourth-order valence-electron chi connectivity index (χ4n) is 1.39. The van der Waals surface area contributed by atoms with E-state index in [1.54, 1.807) is 0 Å². The summed E-state index contributed by atoms with van der Waals surface area (Å²) in [7, 11) is 2.07. The number of hydrogen-bond donors (Lipinski definition) is 1. The molecule has 0 aromatic heterocycles. The molecule has 1 aliphatic rings. The lowest BCUT2D eigenvalue weighted by molar-refractivity contribution is 0.394. The van der Waals surface area contributed by atoms with E-state index in [-0.39, 0.29) is 0 Å². The molecule has 0 aromatic rings. The van der Waals surface area contributed by atoms with Gasteiger partial charge in [-0.15, -0.1) is 12.8 Å². The second-order valence-corrected chi connectivity index (χ2v) is 2.62. The molecule has 0 aliphatic heterocycles. The second kappa shape index (κ2) is 6.64. The van der Waals surface area contributed by atoms with E-state index >= 15 is 0 Å². The standard InChI is InChI=1S/C7H15N.C2H2/c1-8-7-5-3-2-4-6-7;1-2/h7-8H,2-6H2,1H3;1-2H. The molecule has 0 spiro atoms. The van der Waals surface area contributed by atoms with Crippen LogP contribution in [-0.2, 0) is 0 Å². The second-order valence-electron chi connectivity index (χ2n) is 2.62. The molecule has 1 aliphatic carbocycles. The molecule has 1 fully saturated rings. The van der Waals surface area contributed by atoms with E-state index in [9.17, 15) is 0 Å². The van der Waals surface area contributed by atoms with Crippen molar-refractivity contribution in [2.45, 2.75) is 38.1 Å². The molecule has 0 amide bonds. The van der Waals surface area contributed by atoms with Crippen LogP contribution in [0, 0.1) is 12.8 Å². The van der Waals surface area contributed by atoms with Crippen LogP contribution in [0.1, 0.15) is 32.1 Å². The van der Waals surface area contributed by atoms with Crippen molar-refractivity contribution < 1.29 is 0 Å². The Labute approximate surface area is 64.2 Å². The highest BCUT2D eigenvalue weighted by atomic mass is 14.9. The maximum atomic E-state index is 4.00. The van der Waals surface area contributed by atoms with Gasteiger partial charge < -0.3 is 5.32 Å². The lowest BCUT2D eigenvalue weighted by atomic mass is 9.96. The summed E-state index contributed by atoms with van der Waals surface area (Å²) >= 11 is 0. The first-order valence-corrected chi connectivity index (χ1v) is 3.94. The van der Waals surface area contributed by atoms with Crippen molar-refractivity contribution in [1.29, 1.82) is 0 Å². The molecule has 0 atom stereocenters. The quantitative estimate of drug-likeness (QED) is 0.546. The topological polar surface area (TPSA) is 12.0 Å². The van der Waals surface area contributed by atoms with Gasteiger partial charge >= 0.3 is 0 Å². The molecule has 0 aromatic carbocycles. The Kier molecular flexibility index (Phi) is 6.32. The Balaban J connectivity index is 0.000000371. The first-order valence-electron chi connectivity index (χ1n) is 3.94. The molecule has 1 N–H and O–H groups in total. The summed E-state index contributed by atoms with van der Waals surface area (Å²) in [4.78, 5) is 0. The monoisotopic (exact) mass is 139 g/mol. The van der Waals surface area contributed by atoms with Crippen molar-refractivity contribution in [2.24, 2.45) is 0 Å². The smallest absolute Gasteiger partial charge is 0.00640 e. The molecule has 1 saturated carbocycles. The van der Waals surface area contributed by atoms with Gasteiger partial charge in [-0.2, -0.15) is 0 Å². The predicted octanol–water partition coefficient (Wildman–Crippen LogP) is 1.79. The Bertz CT molecular complexity index is 80.0. The van der Waals surface area contributed by atoms with E-state index in [0.29, 0.717) is 0 Å². The van der Waals surface area contributed by atoms with Crippen molar-refractivity contribution >= 4 is 0 Å². The van der Waals surface area contributed by atoms with Crippen molar-refractivity contribution in [1.82, 2.24) is 5.32 Å². The van der Waals surface area contributed by atoms with Crippen LogP contribution in [0.25, 0.3) is 0 Å². The average Bonchev–Trinajstić information content (AvgIpc) is 2.10. The minimum absolute atomic E-state index is 0.837. The molecular weight excluding hydrogens is 122 g/mol. The zero-order valence-electron chi connectivity index (χ0n) is 6.77. The van der Waals surface area contributed by atoms with Crippen LogP contribution in [0.4, 0.5) is 0 Å². The first kappa shape index (κ1) is 9.52. The van der Waals surface area contributed by atoms with Crippen molar-refractivity contribution in [2.75, 3.05) is 7.05 Å². The Morgan fingerprint density at radius 1 is 1.10 bits per heavy atom. The van der Waals surface area contributed by atoms with Gasteiger partial charge in [0.05, 0.1) is 0 Å². The van der Waals surface area contributed by atoms with Crippen LogP contribution in [0.2, 0.25) is 0 Å². The maximum absolute atomic E-state index is 4.00. The van der Waals surface area contributed by atoms with Crippen LogP contribution in [0.15, 0.2) is 0 Å². The third kappa shape index (κ3) is 3.53. The van der Waals surface area contributed by atoms with E-state index in [0.717, 1.165) is 6.04 Å². The van der Waals surface area contributed by atoms with Crippen LogP contribution < -0.4 is 5.32 Å². The zero-order chi connectivity index (χ0) is 7.82. The summed E-state index contributed by atoms with van der Waals surface area (Å²) in [5.41, 5.74) is 0. The van der Waals surface area contributed by atoms with Crippen LogP contribution in [0.5, 0.6) is 0 Å². The van der Waals surface area contributed by atoms with Gasteiger partial charge in [0.15, 0.2) is 0 Å². The van der Waals surface area contributed by atoms with Crippen molar-refractivity contribution in [3.8, 4) is 12.8 Å². The number of terminal acetylenes is 1. The fourth-order valence-corrected chi connectivity index (χ4v) is 1.39. The number of nitrogens with one attached hydrogen (secondary N) is 1. The summed E-state index contributed by atoms with van der Waals surface area (Å²) in [6.07, 6.45) is 15.1. The molecule has 0 bridgehead atoms. The zero-order valence-corrected chi connectivity index (χ0v) is 6.77. The van der Waals surface area contributed by atoms with Crippen LogP contribution in [-0.4, -0.2) is 13.1 Å². The minimum Gasteiger partial charge on any atom is -0.317 e. The van der Waals surface area contributed by atoms with E-state index in [1.807, 2.05) is 0 Å². The van der Waals surface area contributed by atoms with Gasteiger partial charge in [-0.3, -0.25) is 0 Å². The molecule has 10 heavy (non-hydrogen) atoms. The third-order valence-electron chi connectivity index (χ3n) is 2.01. The van der Waals surface area contributed by atoms with E-state index in [2.05, 4.69) is 25.2 Å². The Morgan fingerprint density at radius 2 is 1.60 bits per heavy atom. The molecule has 0 unspecified atom stereocenters. The van der Waals surface area contributed by atoms with E-state index in [1.165, 1.54) is 32.1 Å². The largest absolute Gasteiger partial charge is 0.317 e. The fraction of sp³-hybridized carbons (Fsp3) is 0.778. The SMILES string of the molecule is C#C.CNC1CCCCC1. The molecule has 0 saturated heterocycles. The minimum atomic E-state index is 0.837. The lowest BCUT2D eigenvalue weighted by Crippen LogP contribution is -2.26. The molecule has 1 heteroatoms. The average molecular weight is 139 g/mol. The predicted molar refractivity (Wildman–Crippen MR) is 45.8 cm³/mol. The Morgan fingerprint density at radius 3 is 1.90 bits per heavy atom. The number of hydrogen-bond acceptors (Lipinski definition) is 1. The summed E-state index contributed by atoms with van der Waals surface area (Å²) in [6.45, 7) is 0. The van der Waals surface area contributed by atoms with Crippen LogP contribution in [0.3, 0.4) is 0 Å².